The number of methoxy groups -OCH3 is 1. The van der Waals surface area contributed by atoms with Crippen LogP contribution in [0.2, 0.25) is 5.02 Å². The normalized spacial score (nSPS) is 18.0. The van der Waals surface area contributed by atoms with Crippen molar-refractivity contribution in [1.29, 1.82) is 0 Å². The lowest BCUT2D eigenvalue weighted by Gasteiger charge is -2.27. The number of rotatable bonds is 9. The van der Waals surface area contributed by atoms with Gasteiger partial charge in [0.2, 0.25) is 0 Å². The fourth-order valence-electron chi connectivity index (χ4n) is 3.10. The predicted molar refractivity (Wildman–Crippen MR) is 87.0 cm³/mol. The maximum atomic E-state index is 6.54. The predicted octanol–water partition coefficient (Wildman–Crippen LogP) is 3.06. The molecule has 0 spiro atoms. The molecule has 1 aliphatic carbocycles. The van der Waals surface area contributed by atoms with Gasteiger partial charge in [-0.2, -0.15) is 5.10 Å². The molecule has 4 nitrogen and oxygen atoms in total. The van der Waals surface area contributed by atoms with Crippen molar-refractivity contribution in [3.05, 3.63) is 16.4 Å². The first-order valence-corrected chi connectivity index (χ1v) is 8.54. The lowest BCUT2D eigenvalue weighted by Crippen LogP contribution is -2.44. The summed E-state index contributed by atoms with van der Waals surface area (Å²) in [7, 11) is 1.82. The van der Waals surface area contributed by atoms with Crippen LogP contribution in [0.4, 0.5) is 0 Å². The molecule has 1 aliphatic rings. The minimum atomic E-state index is 0.270. The van der Waals surface area contributed by atoms with Crippen molar-refractivity contribution in [2.45, 2.75) is 65.1 Å². The molecule has 1 N–H and O–H groups in total. The van der Waals surface area contributed by atoms with Gasteiger partial charge in [-0.1, -0.05) is 25.4 Å². The number of nitrogens with one attached hydrogen (secondary N) is 1. The standard InChI is InChI=1S/C16H28ClN3O/c1-5-12-15(17)14(20(7-3)19-12)10-13(18-6-2)16(21-4)11-8-9-11/h11,13,16,18H,5-10H2,1-4H3. The highest BCUT2D eigenvalue weighted by atomic mass is 35.5. The van der Waals surface area contributed by atoms with E-state index >= 15 is 0 Å². The molecule has 1 aromatic rings. The van der Waals surface area contributed by atoms with E-state index in [0.717, 1.165) is 42.3 Å². The molecule has 0 saturated heterocycles. The van der Waals surface area contributed by atoms with Crippen molar-refractivity contribution < 1.29 is 4.74 Å². The Morgan fingerprint density at radius 2 is 2.10 bits per heavy atom. The summed E-state index contributed by atoms with van der Waals surface area (Å²) in [5.74, 6) is 0.696. The quantitative estimate of drug-likeness (QED) is 0.761. The topological polar surface area (TPSA) is 39.1 Å². The second-order valence-corrected chi connectivity index (χ2v) is 6.16. The number of nitrogens with zero attached hydrogens (tertiary/aromatic N) is 2. The monoisotopic (exact) mass is 313 g/mol. The van der Waals surface area contributed by atoms with Gasteiger partial charge in [0.15, 0.2) is 0 Å². The molecule has 120 valence electrons. The first-order valence-electron chi connectivity index (χ1n) is 8.16. The number of hydrogen-bond donors (Lipinski definition) is 1. The van der Waals surface area contributed by atoms with Gasteiger partial charge in [-0.25, -0.2) is 0 Å². The molecule has 0 aliphatic heterocycles. The molecule has 5 heteroatoms. The SMILES string of the molecule is CCNC(Cc1c(Cl)c(CC)nn1CC)C(OC)C1CC1. The molecule has 0 bridgehead atoms. The summed E-state index contributed by atoms with van der Waals surface area (Å²) in [6.45, 7) is 8.15. The van der Waals surface area contributed by atoms with E-state index in [-0.39, 0.29) is 6.10 Å². The maximum Gasteiger partial charge on any atom is 0.0850 e. The van der Waals surface area contributed by atoms with E-state index in [1.165, 1.54) is 12.8 Å². The Bertz CT molecular complexity index is 457. The third-order valence-electron chi connectivity index (χ3n) is 4.33. The van der Waals surface area contributed by atoms with Crippen molar-refractivity contribution in [1.82, 2.24) is 15.1 Å². The minimum Gasteiger partial charge on any atom is -0.380 e. The van der Waals surface area contributed by atoms with Crippen LogP contribution in [0.5, 0.6) is 0 Å². The van der Waals surface area contributed by atoms with Gasteiger partial charge in [0.25, 0.3) is 0 Å². The van der Waals surface area contributed by atoms with Crippen LogP contribution in [0.15, 0.2) is 0 Å². The fourth-order valence-corrected chi connectivity index (χ4v) is 3.44. The number of hydrogen-bond acceptors (Lipinski definition) is 3. The number of aryl methyl sites for hydroxylation is 2. The van der Waals surface area contributed by atoms with E-state index in [1.807, 2.05) is 11.8 Å². The molecule has 0 amide bonds. The molecule has 2 atom stereocenters. The summed E-state index contributed by atoms with van der Waals surface area (Å²) in [5, 5.41) is 9.05. The van der Waals surface area contributed by atoms with Gasteiger partial charge in [0.05, 0.1) is 22.5 Å². The third kappa shape index (κ3) is 3.79. The first kappa shape index (κ1) is 16.8. The summed E-state index contributed by atoms with van der Waals surface area (Å²) in [6, 6.07) is 0.303. The Hall–Kier alpha value is -0.580. The highest BCUT2D eigenvalue weighted by Crippen LogP contribution is 2.36. The highest BCUT2D eigenvalue weighted by molar-refractivity contribution is 6.31. The van der Waals surface area contributed by atoms with Crippen molar-refractivity contribution >= 4 is 11.6 Å². The number of halogens is 1. The smallest absolute Gasteiger partial charge is 0.0850 e. The van der Waals surface area contributed by atoms with E-state index in [0.29, 0.717) is 12.0 Å². The van der Waals surface area contributed by atoms with Gasteiger partial charge in [-0.15, -0.1) is 0 Å². The molecule has 21 heavy (non-hydrogen) atoms. The van der Waals surface area contributed by atoms with Crippen LogP contribution in [-0.4, -0.2) is 35.6 Å². The van der Waals surface area contributed by atoms with Crippen LogP contribution in [0.1, 0.15) is 45.0 Å². The van der Waals surface area contributed by atoms with E-state index in [4.69, 9.17) is 16.3 Å². The molecule has 1 aromatic heterocycles. The van der Waals surface area contributed by atoms with E-state index < -0.39 is 0 Å². The molecular formula is C16H28ClN3O. The van der Waals surface area contributed by atoms with Gasteiger partial charge in [-0.3, -0.25) is 4.68 Å². The Morgan fingerprint density at radius 1 is 1.38 bits per heavy atom. The largest absolute Gasteiger partial charge is 0.380 e. The van der Waals surface area contributed by atoms with Gasteiger partial charge >= 0.3 is 0 Å². The second kappa shape index (κ2) is 7.61. The molecule has 1 heterocycles. The lowest BCUT2D eigenvalue weighted by atomic mass is 10.0. The van der Waals surface area contributed by atoms with Crippen LogP contribution < -0.4 is 5.32 Å². The molecule has 2 unspecified atom stereocenters. The molecule has 0 radical (unpaired) electrons. The Labute approximate surface area is 133 Å². The average Bonchev–Trinajstić information content (AvgIpc) is 3.27. The van der Waals surface area contributed by atoms with Crippen molar-refractivity contribution in [2.24, 2.45) is 5.92 Å². The lowest BCUT2D eigenvalue weighted by molar-refractivity contribution is 0.0510. The number of ether oxygens (including phenoxy) is 1. The van der Waals surface area contributed by atoms with Crippen molar-refractivity contribution in [3.63, 3.8) is 0 Å². The van der Waals surface area contributed by atoms with E-state index in [1.54, 1.807) is 0 Å². The minimum absolute atomic E-state index is 0.270. The van der Waals surface area contributed by atoms with Gasteiger partial charge in [0.1, 0.15) is 0 Å². The summed E-state index contributed by atoms with van der Waals surface area (Å²) in [4.78, 5) is 0. The van der Waals surface area contributed by atoms with Crippen LogP contribution in [0.3, 0.4) is 0 Å². The van der Waals surface area contributed by atoms with Gasteiger partial charge in [0, 0.05) is 26.1 Å². The van der Waals surface area contributed by atoms with Gasteiger partial charge in [-0.05, 0) is 38.6 Å². The van der Waals surface area contributed by atoms with Crippen LogP contribution in [-0.2, 0) is 24.1 Å². The Balaban J connectivity index is 2.21. The Kier molecular flexibility index (Phi) is 6.08. The molecule has 2 rings (SSSR count). The maximum absolute atomic E-state index is 6.54. The third-order valence-corrected chi connectivity index (χ3v) is 4.77. The molecule has 1 saturated carbocycles. The van der Waals surface area contributed by atoms with Gasteiger partial charge < -0.3 is 10.1 Å². The van der Waals surface area contributed by atoms with E-state index in [2.05, 4.69) is 31.2 Å². The zero-order valence-electron chi connectivity index (χ0n) is 13.7. The van der Waals surface area contributed by atoms with Crippen LogP contribution >= 0.6 is 11.6 Å². The zero-order valence-corrected chi connectivity index (χ0v) is 14.4. The van der Waals surface area contributed by atoms with Crippen molar-refractivity contribution in [2.75, 3.05) is 13.7 Å². The molecule has 0 aromatic carbocycles. The summed E-state index contributed by atoms with van der Waals surface area (Å²) in [6.07, 6.45) is 4.58. The van der Waals surface area contributed by atoms with Crippen LogP contribution in [0, 0.1) is 5.92 Å². The molecular weight excluding hydrogens is 286 g/mol. The van der Waals surface area contributed by atoms with Crippen LogP contribution in [0.25, 0.3) is 0 Å². The van der Waals surface area contributed by atoms with Crippen molar-refractivity contribution in [3.8, 4) is 0 Å². The summed E-state index contributed by atoms with van der Waals surface area (Å²) >= 11 is 6.54. The van der Waals surface area contributed by atoms with E-state index in [9.17, 15) is 0 Å². The Morgan fingerprint density at radius 3 is 2.57 bits per heavy atom. The average molecular weight is 314 g/mol. The molecule has 1 fully saturated rings. The number of likely N-dealkylation sites (N-methyl/N-ethyl adjacent to an activating group) is 1. The number of aromatic nitrogens is 2. The fraction of sp³-hybridized carbons (Fsp3) is 0.812. The highest BCUT2D eigenvalue weighted by Gasteiger charge is 2.37. The second-order valence-electron chi connectivity index (χ2n) is 5.78. The summed E-state index contributed by atoms with van der Waals surface area (Å²) < 4.78 is 7.82. The summed E-state index contributed by atoms with van der Waals surface area (Å²) in [5.41, 5.74) is 2.15. The first-order chi connectivity index (χ1) is 10.2. The zero-order chi connectivity index (χ0) is 15.4.